The molecule has 2 saturated carbocycles. The van der Waals surface area contributed by atoms with E-state index in [2.05, 4.69) is 10.0 Å². The molecule has 5 nitrogen and oxygen atoms in total. The molecule has 2 aliphatic rings. The monoisotopic (exact) mass is 295 g/mol. The number of nitrogens with one attached hydrogen (secondary N) is 2. The first-order valence-electron chi connectivity index (χ1n) is 7.16. The first-order chi connectivity index (χ1) is 9.54. The maximum absolute atomic E-state index is 12.0. The van der Waals surface area contributed by atoms with Gasteiger partial charge in [-0.1, -0.05) is 0 Å². The fourth-order valence-electron chi connectivity index (χ4n) is 2.17. The van der Waals surface area contributed by atoms with E-state index in [-0.39, 0.29) is 12.1 Å². The van der Waals surface area contributed by atoms with Crippen molar-refractivity contribution in [3.63, 3.8) is 0 Å². The number of benzene rings is 1. The van der Waals surface area contributed by atoms with Crippen molar-refractivity contribution in [2.75, 3.05) is 11.9 Å². The minimum Gasteiger partial charge on any atom is -0.383 e. The molecule has 1 aromatic rings. The van der Waals surface area contributed by atoms with Crippen LogP contribution in [0.4, 0.5) is 5.69 Å². The van der Waals surface area contributed by atoms with Gasteiger partial charge in [0, 0.05) is 24.3 Å². The Morgan fingerprint density at radius 3 is 2.35 bits per heavy atom. The van der Waals surface area contributed by atoms with Crippen molar-refractivity contribution in [1.29, 1.82) is 0 Å². The Balaban J connectivity index is 1.58. The van der Waals surface area contributed by atoms with Gasteiger partial charge in [-0.2, -0.15) is 0 Å². The molecule has 0 radical (unpaired) electrons. The van der Waals surface area contributed by atoms with Crippen molar-refractivity contribution in [3.8, 4) is 0 Å². The first kappa shape index (κ1) is 13.9. The van der Waals surface area contributed by atoms with Crippen LogP contribution in [0, 0.1) is 5.92 Å². The van der Waals surface area contributed by atoms with E-state index < -0.39 is 10.0 Å². The molecule has 4 N–H and O–H groups in total. The van der Waals surface area contributed by atoms with Crippen molar-refractivity contribution in [2.45, 2.75) is 42.7 Å². The van der Waals surface area contributed by atoms with Gasteiger partial charge in [0.05, 0.1) is 4.90 Å². The van der Waals surface area contributed by atoms with Gasteiger partial charge in [0.2, 0.25) is 10.0 Å². The fourth-order valence-corrected chi connectivity index (χ4v) is 3.47. The highest BCUT2D eigenvalue weighted by Gasteiger charge is 2.29. The number of sulfonamides is 1. The average molecular weight is 295 g/mol. The lowest BCUT2D eigenvalue weighted by Gasteiger charge is -2.13. The molecule has 0 bridgehead atoms. The van der Waals surface area contributed by atoms with E-state index in [1.54, 1.807) is 24.3 Å². The predicted octanol–water partition coefficient (Wildman–Crippen LogP) is 1.28. The van der Waals surface area contributed by atoms with Crippen LogP contribution in [0.2, 0.25) is 0 Å². The summed E-state index contributed by atoms with van der Waals surface area (Å²) >= 11 is 0. The van der Waals surface area contributed by atoms with Gasteiger partial charge >= 0.3 is 0 Å². The van der Waals surface area contributed by atoms with E-state index in [1.807, 2.05) is 0 Å². The normalized spacial score (nSPS) is 20.6. The molecule has 1 aromatic carbocycles. The van der Waals surface area contributed by atoms with E-state index in [1.165, 1.54) is 12.8 Å². The van der Waals surface area contributed by atoms with E-state index in [0.717, 1.165) is 25.1 Å². The van der Waals surface area contributed by atoms with Crippen molar-refractivity contribution in [3.05, 3.63) is 24.3 Å². The molecule has 3 rings (SSSR count). The maximum Gasteiger partial charge on any atom is 0.240 e. The average Bonchev–Trinajstić information content (AvgIpc) is 3.28. The SMILES string of the molecule is NC(CNc1ccc(S(=O)(=O)NC2CC2)cc1)C1CC1. The molecule has 0 amide bonds. The fraction of sp³-hybridized carbons (Fsp3) is 0.571. The molecule has 0 heterocycles. The predicted molar refractivity (Wildman–Crippen MR) is 79.0 cm³/mol. The highest BCUT2D eigenvalue weighted by Crippen LogP contribution is 2.31. The zero-order valence-electron chi connectivity index (χ0n) is 11.4. The molecule has 6 heteroatoms. The molecule has 20 heavy (non-hydrogen) atoms. The Kier molecular flexibility index (Phi) is 3.70. The highest BCUT2D eigenvalue weighted by molar-refractivity contribution is 7.89. The summed E-state index contributed by atoms with van der Waals surface area (Å²) in [5.74, 6) is 0.657. The number of anilines is 1. The third-order valence-corrected chi connectivity index (χ3v) is 5.37. The molecule has 0 aromatic heterocycles. The van der Waals surface area contributed by atoms with E-state index in [0.29, 0.717) is 10.8 Å². The molecule has 1 atom stereocenters. The summed E-state index contributed by atoms with van der Waals surface area (Å²) in [6, 6.07) is 7.18. The van der Waals surface area contributed by atoms with Crippen molar-refractivity contribution in [2.24, 2.45) is 11.7 Å². The quantitative estimate of drug-likeness (QED) is 0.707. The lowest BCUT2D eigenvalue weighted by molar-refractivity contribution is 0.581. The summed E-state index contributed by atoms with van der Waals surface area (Å²) in [5, 5.41) is 3.26. The molecule has 0 aliphatic heterocycles. The number of hydrogen-bond acceptors (Lipinski definition) is 4. The van der Waals surface area contributed by atoms with Crippen LogP contribution in [-0.4, -0.2) is 27.0 Å². The second-order valence-electron chi connectivity index (χ2n) is 5.80. The van der Waals surface area contributed by atoms with Gasteiger partial charge in [-0.15, -0.1) is 0 Å². The number of nitrogens with two attached hydrogens (primary N) is 1. The van der Waals surface area contributed by atoms with E-state index >= 15 is 0 Å². The molecule has 2 aliphatic carbocycles. The minimum atomic E-state index is -3.35. The summed E-state index contributed by atoms with van der Waals surface area (Å²) < 4.78 is 26.7. The molecule has 2 fully saturated rings. The van der Waals surface area contributed by atoms with Gasteiger partial charge in [-0.3, -0.25) is 0 Å². The lowest BCUT2D eigenvalue weighted by atomic mass is 10.2. The van der Waals surface area contributed by atoms with Crippen LogP contribution in [-0.2, 0) is 10.0 Å². The van der Waals surface area contributed by atoms with Gasteiger partial charge in [-0.25, -0.2) is 13.1 Å². The Labute approximate surface area is 120 Å². The van der Waals surface area contributed by atoms with Crippen LogP contribution in [0.1, 0.15) is 25.7 Å². The minimum absolute atomic E-state index is 0.134. The summed E-state index contributed by atoms with van der Waals surface area (Å²) in [5.41, 5.74) is 6.93. The largest absolute Gasteiger partial charge is 0.383 e. The Bertz CT molecular complexity index is 563. The van der Waals surface area contributed by atoms with Crippen molar-refractivity contribution in [1.82, 2.24) is 4.72 Å². The van der Waals surface area contributed by atoms with Gasteiger partial charge in [0.1, 0.15) is 0 Å². The van der Waals surface area contributed by atoms with Crippen LogP contribution in [0.5, 0.6) is 0 Å². The van der Waals surface area contributed by atoms with Crippen LogP contribution >= 0.6 is 0 Å². The summed E-state index contributed by atoms with van der Waals surface area (Å²) in [7, 11) is -3.35. The van der Waals surface area contributed by atoms with Crippen molar-refractivity contribution < 1.29 is 8.42 Å². The Morgan fingerprint density at radius 1 is 1.15 bits per heavy atom. The second kappa shape index (κ2) is 5.35. The van der Waals surface area contributed by atoms with E-state index in [9.17, 15) is 8.42 Å². The third kappa shape index (κ3) is 3.50. The van der Waals surface area contributed by atoms with Gasteiger partial charge < -0.3 is 11.1 Å². The molecular formula is C14H21N3O2S. The third-order valence-electron chi connectivity index (χ3n) is 3.83. The number of rotatable bonds is 7. The highest BCUT2D eigenvalue weighted by atomic mass is 32.2. The molecule has 110 valence electrons. The molecule has 0 saturated heterocycles. The molecule has 0 spiro atoms. The molecule has 1 unspecified atom stereocenters. The van der Waals surface area contributed by atoms with Gasteiger partial charge in [0.15, 0.2) is 0 Å². The Morgan fingerprint density at radius 2 is 1.80 bits per heavy atom. The first-order valence-corrected chi connectivity index (χ1v) is 8.65. The second-order valence-corrected chi connectivity index (χ2v) is 7.52. The maximum atomic E-state index is 12.0. The van der Waals surface area contributed by atoms with Crippen LogP contribution in [0.15, 0.2) is 29.2 Å². The van der Waals surface area contributed by atoms with Gasteiger partial charge in [-0.05, 0) is 55.9 Å². The lowest BCUT2D eigenvalue weighted by Crippen LogP contribution is -2.31. The summed E-state index contributed by atoms with van der Waals surface area (Å²) in [4.78, 5) is 0.321. The zero-order valence-corrected chi connectivity index (χ0v) is 12.2. The molecular weight excluding hydrogens is 274 g/mol. The van der Waals surface area contributed by atoms with E-state index in [4.69, 9.17) is 5.73 Å². The summed E-state index contributed by atoms with van der Waals surface area (Å²) in [6.45, 7) is 0.733. The zero-order chi connectivity index (χ0) is 14.2. The standard InChI is InChI=1S/C14H21N3O2S/c15-14(10-1-2-10)9-16-11-5-7-13(8-6-11)20(18,19)17-12-3-4-12/h5-8,10,12,14,16-17H,1-4,9,15H2. The topological polar surface area (TPSA) is 84.2 Å². The van der Waals surface area contributed by atoms with Crippen molar-refractivity contribution >= 4 is 15.7 Å². The van der Waals surface area contributed by atoms with Gasteiger partial charge in [0.25, 0.3) is 0 Å². The van der Waals surface area contributed by atoms with Crippen LogP contribution in [0.25, 0.3) is 0 Å². The van der Waals surface area contributed by atoms with Crippen LogP contribution in [0.3, 0.4) is 0 Å². The van der Waals surface area contributed by atoms with Crippen LogP contribution < -0.4 is 15.8 Å². The smallest absolute Gasteiger partial charge is 0.240 e. The summed E-state index contributed by atoms with van der Waals surface area (Å²) in [6.07, 6.45) is 4.34. The Hall–Kier alpha value is -1.11. The number of hydrogen-bond donors (Lipinski definition) is 3.